The lowest BCUT2D eigenvalue weighted by Gasteiger charge is -2.37. The molecule has 1 saturated carbocycles. The van der Waals surface area contributed by atoms with Gasteiger partial charge in [0, 0.05) is 58.0 Å². The number of methoxy groups -OCH3 is 1. The van der Waals surface area contributed by atoms with E-state index in [2.05, 4.69) is 10.2 Å². The summed E-state index contributed by atoms with van der Waals surface area (Å²) in [6.07, 6.45) is 1.92. The summed E-state index contributed by atoms with van der Waals surface area (Å²) in [6.45, 7) is 4.41. The maximum absolute atomic E-state index is 13.5. The van der Waals surface area contributed by atoms with E-state index in [0.29, 0.717) is 37.7 Å². The van der Waals surface area contributed by atoms with Gasteiger partial charge in [0.2, 0.25) is 5.91 Å². The summed E-state index contributed by atoms with van der Waals surface area (Å²) >= 11 is 0. The number of benzene rings is 1. The van der Waals surface area contributed by atoms with Crippen LogP contribution in [0.3, 0.4) is 0 Å². The Balaban J connectivity index is 1.35. The minimum atomic E-state index is -4.69. The molecule has 5 nitrogen and oxygen atoms in total. The van der Waals surface area contributed by atoms with Crippen LogP contribution in [-0.2, 0) is 15.7 Å². The van der Waals surface area contributed by atoms with Crippen LogP contribution in [0, 0.1) is 11.7 Å². The van der Waals surface area contributed by atoms with E-state index in [-0.39, 0.29) is 11.9 Å². The number of nitrogens with one attached hydrogen (secondary N) is 1. The largest absolute Gasteiger partial charge is 0.419 e. The second-order valence-electron chi connectivity index (χ2n) is 9.16. The Labute approximate surface area is 193 Å². The Morgan fingerprint density at radius 2 is 1.82 bits per heavy atom. The summed E-state index contributed by atoms with van der Waals surface area (Å²) in [5.41, 5.74) is -0.782. The lowest BCUT2D eigenvalue weighted by molar-refractivity contribution is -0.140. The molecule has 2 aliphatic rings. The van der Waals surface area contributed by atoms with Crippen molar-refractivity contribution < 1.29 is 27.1 Å². The van der Waals surface area contributed by atoms with E-state index >= 15 is 0 Å². The summed E-state index contributed by atoms with van der Waals surface area (Å²) in [7, 11) is 1.64. The van der Waals surface area contributed by atoms with Gasteiger partial charge < -0.3 is 15.0 Å². The number of carbonyl (C=O) groups is 1. The minimum Gasteiger partial charge on any atom is -0.385 e. The van der Waals surface area contributed by atoms with Gasteiger partial charge >= 0.3 is 6.18 Å². The number of anilines is 1. The number of hydrogen-bond donors (Lipinski definition) is 1. The summed E-state index contributed by atoms with van der Waals surface area (Å²) < 4.78 is 57.5. The lowest BCUT2D eigenvalue weighted by atomic mass is 9.84. The molecule has 0 atom stereocenters. The number of rotatable bonds is 9. The van der Waals surface area contributed by atoms with Crippen LogP contribution in [0.25, 0.3) is 0 Å². The summed E-state index contributed by atoms with van der Waals surface area (Å²) in [5.74, 6) is -0.474. The molecule has 186 valence electrons. The van der Waals surface area contributed by atoms with Crippen molar-refractivity contribution in [1.82, 2.24) is 10.2 Å². The van der Waals surface area contributed by atoms with Crippen LogP contribution in [-0.4, -0.2) is 63.3 Å². The molecule has 1 aromatic rings. The number of hydrogen-bond acceptors (Lipinski definition) is 4. The van der Waals surface area contributed by atoms with Crippen molar-refractivity contribution >= 4 is 11.6 Å². The third-order valence-corrected chi connectivity index (χ3v) is 6.81. The number of nitrogens with zero attached hydrogens (tertiary/aromatic N) is 2. The molecule has 1 saturated heterocycles. The van der Waals surface area contributed by atoms with E-state index in [1.54, 1.807) is 7.11 Å². The molecule has 1 aliphatic heterocycles. The van der Waals surface area contributed by atoms with Crippen LogP contribution >= 0.6 is 0 Å². The number of amides is 1. The first-order chi connectivity index (χ1) is 15.8. The second-order valence-corrected chi connectivity index (χ2v) is 9.16. The van der Waals surface area contributed by atoms with Crippen molar-refractivity contribution in [3.05, 3.63) is 29.6 Å². The standard InChI is InChI=1S/C24H35F4N3O2/c1-33-16-2-3-23(32)29-19-6-4-18(5-7-19)10-11-30-12-14-31(15-13-30)20-8-9-22(25)21(17-20)24(26,27)28/h8-9,17-19H,2-7,10-16H2,1H3,(H,29,32)/t18-,19-. The zero-order valence-electron chi connectivity index (χ0n) is 19.3. The molecule has 0 bridgehead atoms. The van der Waals surface area contributed by atoms with Crippen molar-refractivity contribution in [2.75, 3.05) is 51.3 Å². The van der Waals surface area contributed by atoms with Gasteiger partial charge in [0.1, 0.15) is 5.82 Å². The summed E-state index contributed by atoms with van der Waals surface area (Å²) in [5, 5.41) is 3.14. The SMILES string of the molecule is COCCCC(=O)N[C@H]1CC[C@H](CCN2CCN(c3ccc(F)c(C(F)(F)F)c3)CC2)CC1. The second kappa shape index (κ2) is 12.0. The van der Waals surface area contributed by atoms with Crippen LogP contribution < -0.4 is 10.2 Å². The van der Waals surface area contributed by atoms with Crippen molar-refractivity contribution in [2.24, 2.45) is 5.92 Å². The number of piperazine rings is 1. The monoisotopic (exact) mass is 473 g/mol. The van der Waals surface area contributed by atoms with Gasteiger partial charge in [-0.15, -0.1) is 0 Å². The van der Waals surface area contributed by atoms with Crippen molar-refractivity contribution in [2.45, 2.75) is 57.2 Å². The third-order valence-electron chi connectivity index (χ3n) is 6.81. The molecular weight excluding hydrogens is 438 g/mol. The Kier molecular flexibility index (Phi) is 9.37. The van der Waals surface area contributed by atoms with E-state index < -0.39 is 17.6 Å². The highest BCUT2D eigenvalue weighted by Crippen LogP contribution is 2.34. The van der Waals surface area contributed by atoms with E-state index in [4.69, 9.17) is 4.74 Å². The maximum atomic E-state index is 13.5. The highest BCUT2D eigenvalue weighted by Gasteiger charge is 2.35. The quantitative estimate of drug-likeness (QED) is 0.425. The first kappa shape index (κ1) is 25.7. The molecular formula is C24H35F4N3O2. The maximum Gasteiger partial charge on any atom is 0.419 e. The zero-order valence-corrected chi connectivity index (χ0v) is 19.3. The molecule has 0 spiro atoms. The minimum absolute atomic E-state index is 0.108. The fourth-order valence-corrected chi connectivity index (χ4v) is 4.79. The summed E-state index contributed by atoms with van der Waals surface area (Å²) in [4.78, 5) is 16.2. The molecule has 1 heterocycles. The first-order valence-corrected chi connectivity index (χ1v) is 11.9. The lowest BCUT2D eigenvalue weighted by Crippen LogP contribution is -2.47. The fraction of sp³-hybridized carbons (Fsp3) is 0.708. The predicted octanol–water partition coefficient (Wildman–Crippen LogP) is 4.46. The highest BCUT2D eigenvalue weighted by atomic mass is 19.4. The normalized spacial score (nSPS) is 22.4. The predicted molar refractivity (Wildman–Crippen MR) is 120 cm³/mol. The van der Waals surface area contributed by atoms with Gasteiger partial charge in [-0.1, -0.05) is 0 Å². The topological polar surface area (TPSA) is 44.8 Å². The molecule has 1 N–H and O–H groups in total. The Hall–Kier alpha value is -1.87. The van der Waals surface area contributed by atoms with E-state index in [0.717, 1.165) is 70.3 Å². The fourth-order valence-electron chi connectivity index (χ4n) is 4.79. The van der Waals surface area contributed by atoms with Crippen LogP contribution in [0.4, 0.5) is 23.2 Å². The molecule has 1 amide bonds. The average Bonchev–Trinajstić information content (AvgIpc) is 2.79. The van der Waals surface area contributed by atoms with Gasteiger partial charge in [-0.25, -0.2) is 4.39 Å². The zero-order chi connectivity index (χ0) is 23.8. The molecule has 0 aromatic heterocycles. The van der Waals surface area contributed by atoms with Gasteiger partial charge in [-0.3, -0.25) is 9.69 Å². The van der Waals surface area contributed by atoms with Crippen molar-refractivity contribution in [3.63, 3.8) is 0 Å². The molecule has 2 fully saturated rings. The van der Waals surface area contributed by atoms with Crippen molar-refractivity contribution in [1.29, 1.82) is 0 Å². The highest BCUT2D eigenvalue weighted by molar-refractivity contribution is 5.76. The molecule has 1 aliphatic carbocycles. The van der Waals surface area contributed by atoms with Gasteiger partial charge in [0.15, 0.2) is 0 Å². The van der Waals surface area contributed by atoms with Crippen LogP contribution in [0.5, 0.6) is 0 Å². The number of carbonyl (C=O) groups excluding carboxylic acids is 1. The number of alkyl halides is 3. The van der Waals surface area contributed by atoms with Gasteiger partial charge in [0.25, 0.3) is 0 Å². The Bertz CT molecular complexity index is 759. The van der Waals surface area contributed by atoms with Crippen LogP contribution in [0.2, 0.25) is 0 Å². The molecule has 0 radical (unpaired) electrons. The Morgan fingerprint density at radius 1 is 1.12 bits per heavy atom. The van der Waals surface area contributed by atoms with Crippen LogP contribution in [0.15, 0.2) is 18.2 Å². The molecule has 1 aromatic carbocycles. The summed E-state index contributed by atoms with van der Waals surface area (Å²) in [6, 6.07) is 3.52. The van der Waals surface area contributed by atoms with E-state index in [9.17, 15) is 22.4 Å². The van der Waals surface area contributed by atoms with Gasteiger partial charge in [-0.05, 0) is 69.2 Å². The molecule has 0 unspecified atom stereocenters. The third kappa shape index (κ3) is 7.84. The average molecular weight is 474 g/mol. The van der Waals surface area contributed by atoms with Gasteiger partial charge in [-0.2, -0.15) is 13.2 Å². The van der Waals surface area contributed by atoms with E-state index in [1.807, 2.05) is 4.90 Å². The number of halogens is 4. The van der Waals surface area contributed by atoms with Gasteiger partial charge in [0.05, 0.1) is 5.56 Å². The molecule has 3 rings (SSSR count). The van der Waals surface area contributed by atoms with Crippen molar-refractivity contribution in [3.8, 4) is 0 Å². The smallest absolute Gasteiger partial charge is 0.385 e. The van der Waals surface area contributed by atoms with Crippen LogP contribution in [0.1, 0.15) is 50.5 Å². The first-order valence-electron chi connectivity index (χ1n) is 11.9. The number of ether oxygens (including phenoxy) is 1. The Morgan fingerprint density at radius 3 is 2.45 bits per heavy atom. The molecule has 9 heteroatoms. The molecule has 33 heavy (non-hydrogen) atoms. The van der Waals surface area contributed by atoms with E-state index in [1.165, 1.54) is 6.07 Å².